The monoisotopic (exact) mass is 317 g/mol. The van der Waals surface area contributed by atoms with Crippen LogP contribution < -0.4 is 5.32 Å². The minimum Gasteiger partial charge on any atom is -0.479 e. The number of nitrogens with one attached hydrogen (secondary N) is 1. The van der Waals surface area contributed by atoms with E-state index in [-0.39, 0.29) is 11.7 Å². The van der Waals surface area contributed by atoms with Gasteiger partial charge in [0.2, 0.25) is 5.91 Å². The molecule has 1 atom stereocenters. The van der Waals surface area contributed by atoms with Gasteiger partial charge in [0, 0.05) is 23.4 Å². The van der Waals surface area contributed by atoms with Crippen LogP contribution in [0.2, 0.25) is 5.02 Å². The molecule has 0 unspecified atom stereocenters. The SMILES string of the molecule is COCCSCC(=O)N[C@@H](C(=O)O)c1ccccc1Cl. The van der Waals surface area contributed by atoms with Gasteiger partial charge in [-0.05, 0) is 6.07 Å². The number of carboxylic acid groups (broad SMARTS) is 1. The van der Waals surface area contributed by atoms with Gasteiger partial charge in [0.25, 0.3) is 0 Å². The van der Waals surface area contributed by atoms with Gasteiger partial charge in [-0.1, -0.05) is 29.8 Å². The van der Waals surface area contributed by atoms with Gasteiger partial charge in [-0.3, -0.25) is 4.79 Å². The first kappa shape index (κ1) is 16.8. The Kier molecular flexibility index (Phi) is 7.43. The number of carbonyl (C=O) groups excluding carboxylic acids is 1. The van der Waals surface area contributed by atoms with Crippen molar-refractivity contribution in [2.45, 2.75) is 6.04 Å². The molecule has 5 nitrogen and oxygen atoms in total. The molecule has 0 heterocycles. The van der Waals surface area contributed by atoms with E-state index in [2.05, 4.69) is 5.32 Å². The summed E-state index contributed by atoms with van der Waals surface area (Å²) in [5.41, 5.74) is 0.372. The number of aliphatic carboxylic acids is 1. The highest BCUT2D eigenvalue weighted by Gasteiger charge is 2.23. The molecule has 1 rings (SSSR count). The second-order valence-electron chi connectivity index (χ2n) is 3.91. The molecular formula is C13H16ClNO4S. The summed E-state index contributed by atoms with van der Waals surface area (Å²) in [7, 11) is 1.58. The first-order chi connectivity index (χ1) is 9.56. The Hall–Kier alpha value is -1.24. The third-order valence-electron chi connectivity index (χ3n) is 2.43. The van der Waals surface area contributed by atoms with E-state index in [4.69, 9.17) is 16.3 Å². The third-order valence-corrected chi connectivity index (χ3v) is 3.70. The molecule has 0 aliphatic carbocycles. The summed E-state index contributed by atoms with van der Waals surface area (Å²) >= 11 is 7.33. The molecule has 0 radical (unpaired) electrons. The van der Waals surface area contributed by atoms with E-state index in [1.54, 1.807) is 31.4 Å². The molecule has 1 aromatic rings. The Morgan fingerprint density at radius 2 is 2.15 bits per heavy atom. The minimum atomic E-state index is -1.15. The Morgan fingerprint density at radius 1 is 1.45 bits per heavy atom. The van der Waals surface area contributed by atoms with E-state index < -0.39 is 12.0 Å². The molecule has 0 spiro atoms. The van der Waals surface area contributed by atoms with Crippen LogP contribution in [0.4, 0.5) is 0 Å². The standard InChI is InChI=1S/C13H16ClNO4S/c1-19-6-7-20-8-11(16)15-12(13(17)18)9-4-2-3-5-10(9)14/h2-5,12H,6-8H2,1H3,(H,15,16)(H,17,18)/t12-/m1/s1. The summed E-state index contributed by atoms with van der Waals surface area (Å²) in [5, 5.41) is 12.0. The predicted molar refractivity (Wildman–Crippen MR) is 79.2 cm³/mol. The normalized spacial score (nSPS) is 11.9. The Labute approximate surface area is 126 Å². The van der Waals surface area contributed by atoms with Gasteiger partial charge in [0.1, 0.15) is 0 Å². The van der Waals surface area contributed by atoms with Crippen LogP contribution in [0.1, 0.15) is 11.6 Å². The summed E-state index contributed by atoms with van der Waals surface area (Å²) < 4.78 is 4.86. The maximum absolute atomic E-state index is 11.7. The molecule has 1 aromatic carbocycles. The predicted octanol–water partition coefficient (Wildman–Crippen LogP) is 1.96. The molecule has 0 fully saturated rings. The zero-order chi connectivity index (χ0) is 15.0. The zero-order valence-corrected chi connectivity index (χ0v) is 12.5. The number of carboxylic acids is 1. The number of rotatable bonds is 8. The fraction of sp³-hybridized carbons (Fsp3) is 0.385. The number of thioether (sulfide) groups is 1. The van der Waals surface area contributed by atoms with Gasteiger partial charge < -0.3 is 15.2 Å². The van der Waals surface area contributed by atoms with Crippen molar-refractivity contribution < 1.29 is 19.4 Å². The van der Waals surface area contributed by atoms with Gasteiger partial charge in [0.05, 0.1) is 12.4 Å². The number of hydrogen-bond acceptors (Lipinski definition) is 4. The van der Waals surface area contributed by atoms with Crippen LogP contribution in [0.25, 0.3) is 0 Å². The Balaban J connectivity index is 2.62. The molecule has 0 saturated heterocycles. The molecule has 0 aliphatic heterocycles. The summed E-state index contributed by atoms with van der Waals surface area (Å²) in [6.07, 6.45) is 0. The van der Waals surface area contributed by atoms with Crippen molar-refractivity contribution in [3.63, 3.8) is 0 Å². The highest BCUT2D eigenvalue weighted by atomic mass is 35.5. The molecule has 0 aliphatic rings. The van der Waals surface area contributed by atoms with E-state index in [9.17, 15) is 14.7 Å². The highest BCUT2D eigenvalue weighted by molar-refractivity contribution is 7.99. The van der Waals surface area contributed by atoms with Gasteiger partial charge in [-0.15, -0.1) is 11.8 Å². The molecule has 2 N–H and O–H groups in total. The van der Waals surface area contributed by atoms with Gasteiger partial charge >= 0.3 is 5.97 Å². The second kappa shape index (κ2) is 8.84. The number of ether oxygens (including phenoxy) is 1. The highest BCUT2D eigenvalue weighted by Crippen LogP contribution is 2.23. The molecule has 0 saturated carbocycles. The maximum atomic E-state index is 11.7. The summed E-state index contributed by atoms with van der Waals surface area (Å²) in [6.45, 7) is 0.546. The van der Waals surface area contributed by atoms with Crippen LogP contribution in [0, 0.1) is 0 Å². The van der Waals surface area contributed by atoms with Gasteiger partial charge in [0.15, 0.2) is 6.04 Å². The smallest absolute Gasteiger partial charge is 0.330 e. The average Bonchev–Trinajstić information content (AvgIpc) is 2.42. The minimum absolute atomic E-state index is 0.178. The first-order valence-corrected chi connectivity index (χ1v) is 7.42. The van der Waals surface area contributed by atoms with Crippen molar-refractivity contribution in [2.75, 3.05) is 25.2 Å². The number of halogens is 1. The number of methoxy groups -OCH3 is 1. The van der Waals surface area contributed by atoms with Crippen molar-refractivity contribution in [1.82, 2.24) is 5.32 Å². The van der Waals surface area contributed by atoms with Crippen LogP contribution in [0.15, 0.2) is 24.3 Å². The number of carbonyl (C=O) groups is 2. The van der Waals surface area contributed by atoms with E-state index >= 15 is 0 Å². The fourth-order valence-corrected chi connectivity index (χ4v) is 2.43. The van der Waals surface area contributed by atoms with Crippen LogP contribution in [0.5, 0.6) is 0 Å². The second-order valence-corrected chi connectivity index (χ2v) is 5.42. The zero-order valence-electron chi connectivity index (χ0n) is 11.0. The number of benzene rings is 1. The molecular weight excluding hydrogens is 302 g/mol. The van der Waals surface area contributed by atoms with Crippen LogP contribution in [-0.2, 0) is 14.3 Å². The van der Waals surface area contributed by atoms with Crippen molar-refractivity contribution in [3.05, 3.63) is 34.9 Å². The summed E-state index contributed by atoms with van der Waals surface area (Å²) in [5.74, 6) is -0.641. The molecule has 0 aromatic heterocycles. The first-order valence-electron chi connectivity index (χ1n) is 5.89. The molecule has 1 amide bonds. The maximum Gasteiger partial charge on any atom is 0.330 e. The lowest BCUT2D eigenvalue weighted by Gasteiger charge is -2.16. The molecule has 0 bridgehead atoms. The quantitative estimate of drug-likeness (QED) is 0.717. The van der Waals surface area contributed by atoms with E-state index in [0.29, 0.717) is 22.9 Å². The van der Waals surface area contributed by atoms with Crippen molar-refractivity contribution in [1.29, 1.82) is 0 Å². The molecule has 110 valence electrons. The Morgan fingerprint density at radius 3 is 2.75 bits per heavy atom. The van der Waals surface area contributed by atoms with Crippen molar-refractivity contribution >= 4 is 35.2 Å². The summed E-state index contributed by atoms with van der Waals surface area (Å²) in [6, 6.07) is 5.41. The van der Waals surface area contributed by atoms with Crippen molar-refractivity contribution in [2.24, 2.45) is 0 Å². The molecule has 20 heavy (non-hydrogen) atoms. The van der Waals surface area contributed by atoms with Gasteiger partial charge in [-0.25, -0.2) is 4.79 Å². The topological polar surface area (TPSA) is 75.6 Å². The lowest BCUT2D eigenvalue weighted by Crippen LogP contribution is -2.35. The number of hydrogen-bond donors (Lipinski definition) is 2. The van der Waals surface area contributed by atoms with Crippen LogP contribution >= 0.6 is 23.4 Å². The lowest BCUT2D eigenvalue weighted by molar-refractivity contribution is -0.141. The van der Waals surface area contributed by atoms with E-state index in [1.807, 2.05) is 0 Å². The van der Waals surface area contributed by atoms with Crippen molar-refractivity contribution in [3.8, 4) is 0 Å². The van der Waals surface area contributed by atoms with Gasteiger partial charge in [-0.2, -0.15) is 0 Å². The lowest BCUT2D eigenvalue weighted by atomic mass is 10.1. The summed E-state index contributed by atoms with van der Waals surface area (Å²) in [4.78, 5) is 23.0. The Bertz CT molecular complexity index is 469. The van der Waals surface area contributed by atoms with E-state index in [1.165, 1.54) is 11.8 Å². The van der Waals surface area contributed by atoms with Crippen LogP contribution in [0.3, 0.4) is 0 Å². The number of amides is 1. The fourth-order valence-electron chi connectivity index (χ4n) is 1.49. The van der Waals surface area contributed by atoms with Crippen LogP contribution in [-0.4, -0.2) is 42.2 Å². The molecule has 7 heteroatoms. The third kappa shape index (κ3) is 5.40. The average molecular weight is 318 g/mol. The largest absolute Gasteiger partial charge is 0.479 e. The van der Waals surface area contributed by atoms with E-state index in [0.717, 1.165) is 0 Å².